The number of amidine groups is 1. The van der Waals surface area contributed by atoms with Crippen molar-refractivity contribution in [2.45, 2.75) is 39.0 Å². The summed E-state index contributed by atoms with van der Waals surface area (Å²) in [6.07, 6.45) is 3.84. The third-order valence-corrected chi connectivity index (χ3v) is 4.18. The van der Waals surface area contributed by atoms with Crippen LogP contribution in [0.4, 0.5) is 10.1 Å². The quantitative estimate of drug-likeness (QED) is 0.346. The molecular weight excluding hydrogens is 273 g/mol. The maximum absolute atomic E-state index is 13.1. The minimum absolute atomic E-state index is 0.0561. The van der Waals surface area contributed by atoms with E-state index < -0.39 is 5.41 Å². The number of rotatable bonds is 3. The van der Waals surface area contributed by atoms with Crippen LogP contribution in [0.15, 0.2) is 23.4 Å². The Hall–Kier alpha value is -2.11. The van der Waals surface area contributed by atoms with Crippen molar-refractivity contribution in [1.29, 1.82) is 0 Å². The molecule has 0 heterocycles. The van der Waals surface area contributed by atoms with E-state index in [0.717, 1.165) is 19.3 Å². The lowest BCUT2D eigenvalue weighted by Crippen LogP contribution is -2.48. The van der Waals surface area contributed by atoms with Gasteiger partial charge in [-0.15, -0.1) is 0 Å². The molecule has 1 aliphatic carbocycles. The van der Waals surface area contributed by atoms with Crippen LogP contribution in [0, 0.1) is 18.2 Å². The van der Waals surface area contributed by atoms with Gasteiger partial charge in [0, 0.05) is 5.69 Å². The molecule has 6 heteroatoms. The highest BCUT2D eigenvalue weighted by molar-refractivity contribution is 6.12. The van der Waals surface area contributed by atoms with Gasteiger partial charge < -0.3 is 16.3 Å². The van der Waals surface area contributed by atoms with Crippen LogP contribution in [-0.2, 0) is 4.79 Å². The first kappa shape index (κ1) is 15.3. The van der Waals surface area contributed by atoms with Crippen molar-refractivity contribution in [2.24, 2.45) is 16.3 Å². The second kappa shape index (κ2) is 6.11. The highest BCUT2D eigenvalue weighted by atomic mass is 19.1. The molecule has 1 aromatic rings. The Morgan fingerprint density at radius 3 is 2.62 bits per heavy atom. The second-order valence-electron chi connectivity index (χ2n) is 5.54. The fourth-order valence-corrected chi connectivity index (χ4v) is 2.86. The molecule has 21 heavy (non-hydrogen) atoms. The summed E-state index contributed by atoms with van der Waals surface area (Å²) in [6.45, 7) is 1.72. The van der Waals surface area contributed by atoms with Crippen LogP contribution in [0.2, 0.25) is 0 Å². The Morgan fingerprint density at radius 1 is 1.38 bits per heavy atom. The predicted molar refractivity (Wildman–Crippen MR) is 78.7 cm³/mol. The SMILES string of the molecule is Cc1cc(F)ccc1NC(=O)C1(C(N)=NO)CCCCC1. The maximum atomic E-state index is 13.1. The van der Waals surface area contributed by atoms with Crippen molar-refractivity contribution < 1.29 is 14.4 Å². The summed E-state index contributed by atoms with van der Waals surface area (Å²) in [7, 11) is 0. The third kappa shape index (κ3) is 2.99. The summed E-state index contributed by atoms with van der Waals surface area (Å²) in [4.78, 5) is 12.7. The number of nitrogens with one attached hydrogen (secondary N) is 1. The molecule has 4 N–H and O–H groups in total. The summed E-state index contributed by atoms with van der Waals surface area (Å²) >= 11 is 0. The Labute approximate surface area is 123 Å². The van der Waals surface area contributed by atoms with E-state index in [1.54, 1.807) is 6.92 Å². The molecular formula is C15H20FN3O2. The molecule has 0 spiro atoms. The van der Waals surface area contributed by atoms with Crippen LogP contribution in [0.1, 0.15) is 37.7 Å². The van der Waals surface area contributed by atoms with E-state index in [2.05, 4.69) is 10.5 Å². The fourth-order valence-electron chi connectivity index (χ4n) is 2.86. The molecule has 1 saturated carbocycles. The largest absolute Gasteiger partial charge is 0.409 e. The Morgan fingerprint density at radius 2 is 2.05 bits per heavy atom. The number of hydrogen-bond acceptors (Lipinski definition) is 3. The van der Waals surface area contributed by atoms with Gasteiger partial charge in [0.05, 0.1) is 0 Å². The number of anilines is 1. The molecule has 0 unspecified atom stereocenters. The lowest BCUT2D eigenvalue weighted by atomic mass is 9.72. The zero-order chi connectivity index (χ0) is 15.5. The van der Waals surface area contributed by atoms with Crippen LogP contribution in [0.25, 0.3) is 0 Å². The van der Waals surface area contributed by atoms with Gasteiger partial charge in [-0.1, -0.05) is 24.4 Å². The molecule has 1 fully saturated rings. The van der Waals surface area contributed by atoms with Crippen molar-refractivity contribution in [3.05, 3.63) is 29.6 Å². The topological polar surface area (TPSA) is 87.7 Å². The molecule has 0 aromatic heterocycles. The van der Waals surface area contributed by atoms with Gasteiger partial charge in [0.15, 0.2) is 5.84 Å². The van der Waals surface area contributed by atoms with Crippen molar-refractivity contribution in [1.82, 2.24) is 0 Å². The lowest BCUT2D eigenvalue weighted by molar-refractivity contribution is -0.123. The van der Waals surface area contributed by atoms with Crippen LogP contribution in [-0.4, -0.2) is 17.0 Å². The van der Waals surface area contributed by atoms with E-state index in [0.29, 0.717) is 24.1 Å². The number of nitrogens with two attached hydrogens (primary N) is 1. The number of amides is 1. The van der Waals surface area contributed by atoms with Crippen molar-refractivity contribution in [2.75, 3.05) is 5.32 Å². The Kier molecular flexibility index (Phi) is 4.45. The highest BCUT2D eigenvalue weighted by Crippen LogP contribution is 2.38. The van der Waals surface area contributed by atoms with E-state index >= 15 is 0 Å². The van der Waals surface area contributed by atoms with Crippen LogP contribution in [0.5, 0.6) is 0 Å². The number of carbonyl (C=O) groups is 1. The predicted octanol–water partition coefficient (Wildman–Crippen LogP) is 2.77. The summed E-state index contributed by atoms with van der Waals surface area (Å²) in [5.74, 6) is -0.707. The molecule has 2 rings (SSSR count). The molecule has 0 atom stereocenters. The fraction of sp³-hybridized carbons (Fsp3) is 0.467. The van der Waals surface area contributed by atoms with Gasteiger partial charge in [-0.3, -0.25) is 4.79 Å². The standard InChI is InChI=1S/C15H20FN3O2/c1-10-9-11(16)5-6-12(10)18-14(20)15(13(17)19-21)7-3-2-4-8-15/h5-6,9,21H,2-4,7-8H2,1H3,(H2,17,19)(H,18,20). The minimum atomic E-state index is -0.978. The molecule has 1 amide bonds. The number of carbonyl (C=O) groups excluding carboxylic acids is 1. The number of benzene rings is 1. The van der Waals surface area contributed by atoms with Gasteiger partial charge >= 0.3 is 0 Å². The number of hydrogen-bond donors (Lipinski definition) is 3. The average molecular weight is 293 g/mol. The van der Waals surface area contributed by atoms with E-state index in [1.165, 1.54) is 18.2 Å². The van der Waals surface area contributed by atoms with Crippen LogP contribution >= 0.6 is 0 Å². The van der Waals surface area contributed by atoms with Gasteiger partial charge in [-0.2, -0.15) is 0 Å². The van der Waals surface area contributed by atoms with Gasteiger partial charge in [0.2, 0.25) is 5.91 Å². The molecule has 1 aromatic carbocycles. The Balaban J connectivity index is 2.27. The number of nitrogens with zero attached hydrogens (tertiary/aromatic N) is 1. The normalized spacial score (nSPS) is 18.3. The van der Waals surface area contributed by atoms with Crippen molar-refractivity contribution in [3.63, 3.8) is 0 Å². The molecule has 0 aliphatic heterocycles. The second-order valence-corrected chi connectivity index (χ2v) is 5.54. The van der Waals surface area contributed by atoms with Crippen LogP contribution < -0.4 is 11.1 Å². The monoisotopic (exact) mass is 293 g/mol. The zero-order valence-corrected chi connectivity index (χ0v) is 12.0. The first-order valence-corrected chi connectivity index (χ1v) is 7.05. The lowest BCUT2D eigenvalue weighted by Gasteiger charge is -2.34. The van der Waals surface area contributed by atoms with Crippen LogP contribution in [0.3, 0.4) is 0 Å². The maximum Gasteiger partial charge on any atom is 0.238 e. The van der Waals surface area contributed by atoms with E-state index in [4.69, 9.17) is 10.9 Å². The minimum Gasteiger partial charge on any atom is -0.409 e. The van der Waals surface area contributed by atoms with E-state index in [-0.39, 0.29) is 17.6 Å². The van der Waals surface area contributed by atoms with Gasteiger partial charge in [-0.25, -0.2) is 4.39 Å². The van der Waals surface area contributed by atoms with Crippen molar-refractivity contribution in [3.8, 4) is 0 Å². The summed E-state index contributed by atoms with van der Waals surface area (Å²) in [6, 6.07) is 4.16. The molecule has 5 nitrogen and oxygen atoms in total. The summed E-state index contributed by atoms with van der Waals surface area (Å²) < 4.78 is 13.1. The highest BCUT2D eigenvalue weighted by Gasteiger charge is 2.44. The van der Waals surface area contributed by atoms with Gasteiger partial charge in [0.1, 0.15) is 11.2 Å². The summed E-state index contributed by atoms with van der Waals surface area (Å²) in [5.41, 5.74) is 5.97. The van der Waals surface area contributed by atoms with E-state index in [1.807, 2.05) is 0 Å². The zero-order valence-electron chi connectivity index (χ0n) is 12.0. The van der Waals surface area contributed by atoms with Gasteiger partial charge in [-0.05, 0) is 43.5 Å². The third-order valence-electron chi connectivity index (χ3n) is 4.18. The number of aryl methyl sites for hydroxylation is 1. The average Bonchev–Trinajstić information content (AvgIpc) is 2.49. The molecule has 114 valence electrons. The van der Waals surface area contributed by atoms with Gasteiger partial charge in [0.25, 0.3) is 0 Å². The first-order chi connectivity index (χ1) is 9.99. The number of oxime groups is 1. The Bertz CT molecular complexity index is 566. The first-order valence-electron chi connectivity index (χ1n) is 7.05. The molecule has 1 aliphatic rings. The van der Waals surface area contributed by atoms with E-state index in [9.17, 15) is 9.18 Å². The van der Waals surface area contributed by atoms with Crippen molar-refractivity contribution >= 4 is 17.4 Å². The number of halogens is 1. The smallest absolute Gasteiger partial charge is 0.238 e. The molecule has 0 radical (unpaired) electrons. The molecule has 0 bridgehead atoms. The molecule has 0 saturated heterocycles. The summed E-state index contributed by atoms with van der Waals surface area (Å²) in [5, 5.41) is 14.8.